The first kappa shape index (κ1) is 23.1. The van der Waals surface area contributed by atoms with Crippen LogP contribution in [0, 0.1) is 0 Å². The molecule has 10 heteroatoms. The lowest BCUT2D eigenvalue weighted by molar-refractivity contribution is 0.0530. The quantitative estimate of drug-likeness (QED) is 0.422. The van der Waals surface area contributed by atoms with Gasteiger partial charge in [0, 0.05) is 30.6 Å². The van der Waals surface area contributed by atoms with Gasteiger partial charge in [-0.05, 0) is 25.5 Å². The van der Waals surface area contributed by atoms with Crippen LogP contribution in [0.15, 0.2) is 12.1 Å². The molecule has 10 nitrogen and oxygen atoms in total. The highest BCUT2D eigenvalue weighted by molar-refractivity contribution is 6.08. The molecule has 1 saturated heterocycles. The SMILES string of the molecule is CCCc1c(OCCNC(=O)N2CCOCC2)ccc2nc(N)c3[nH]c(COCC)nc3c12. The van der Waals surface area contributed by atoms with Crippen LogP contribution in [-0.2, 0) is 22.5 Å². The van der Waals surface area contributed by atoms with Crippen LogP contribution < -0.4 is 15.8 Å². The highest BCUT2D eigenvalue weighted by Crippen LogP contribution is 2.34. The first-order valence-corrected chi connectivity index (χ1v) is 11.5. The minimum absolute atomic E-state index is 0.0890. The van der Waals surface area contributed by atoms with E-state index in [0.29, 0.717) is 69.8 Å². The second-order valence-corrected chi connectivity index (χ2v) is 7.91. The Bertz CT molecular complexity index is 1110. The Morgan fingerprint density at radius 2 is 2.09 bits per heavy atom. The standard InChI is InChI=1S/C23H32N6O4/c1-3-5-15-17(33-11-8-25-23(30)29-9-12-32-13-10-29)7-6-16-19(15)20-21(22(24)26-16)28-18(27-20)14-31-4-2/h6-7H,3-5,8-14H2,1-2H3,(H2,24,26)(H,25,30)(H,27,28). The summed E-state index contributed by atoms with van der Waals surface area (Å²) in [6.45, 7) is 8.20. The molecule has 1 aliphatic rings. The van der Waals surface area contributed by atoms with Crippen LogP contribution in [0.3, 0.4) is 0 Å². The smallest absolute Gasteiger partial charge is 0.317 e. The number of amides is 2. The maximum atomic E-state index is 12.3. The van der Waals surface area contributed by atoms with Crippen molar-refractivity contribution in [2.24, 2.45) is 0 Å². The van der Waals surface area contributed by atoms with E-state index < -0.39 is 0 Å². The fourth-order valence-electron chi connectivity index (χ4n) is 4.05. The van der Waals surface area contributed by atoms with Crippen LogP contribution in [0.2, 0.25) is 0 Å². The summed E-state index contributed by atoms with van der Waals surface area (Å²) in [7, 11) is 0. The predicted octanol–water partition coefficient (Wildman–Crippen LogP) is 2.60. The molecule has 1 aliphatic heterocycles. The van der Waals surface area contributed by atoms with Gasteiger partial charge in [-0.15, -0.1) is 0 Å². The summed E-state index contributed by atoms with van der Waals surface area (Å²) in [6, 6.07) is 3.74. The number of imidazole rings is 1. The van der Waals surface area contributed by atoms with Crippen molar-refractivity contribution in [2.45, 2.75) is 33.3 Å². The number of nitrogens with two attached hydrogens (primary N) is 1. The van der Waals surface area contributed by atoms with Crippen LogP contribution >= 0.6 is 0 Å². The van der Waals surface area contributed by atoms with E-state index in [-0.39, 0.29) is 6.03 Å². The summed E-state index contributed by atoms with van der Waals surface area (Å²) in [4.78, 5) is 26.6. The fraction of sp³-hybridized carbons (Fsp3) is 0.522. The number of hydrogen-bond donors (Lipinski definition) is 3. The number of nitrogens with one attached hydrogen (secondary N) is 2. The number of morpholine rings is 1. The third kappa shape index (κ3) is 5.12. The maximum Gasteiger partial charge on any atom is 0.317 e. The molecule has 2 aromatic heterocycles. The molecule has 0 unspecified atom stereocenters. The van der Waals surface area contributed by atoms with E-state index in [1.807, 2.05) is 19.1 Å². The topological polar surface area (TPSA) is 128 Å². The van der Waals surface area contributed by atoms with Crippen molar-refractivity contribution in [1.82, 2.24) is 25.2 Å². The minimum Gasteiger partial charge on any atom is -0.491 e. The molecule has 0 bridgehead atoms. The van der Waals surface area contributed by atoms with Gasteiger partial charge in [-0.25, -0.2) is 14.8 Å². The Balaban J connectivity index is 1.55. The average molecular weight is 457 g/mol. The summed E-state index contributed by atoms with van der Waals surface area (Å²) in [5.41, 5.74) is 9.53. The molecule has 3 heterocycles. The number of pyridine rings is 1. The second-order valence-electron chi connectivity index (χ2n) is 7.91. The Hall–Kier alpha value is -3.11. The minimum atomic E-state index is -0.0890. The molecule has 1 fully saturated rings. The molecule has 0 saturated carbocycles. The van der Waals surface area contributed by atoms with E-state index >= 15 is 0 Å². The number of carbonyl (C=O) groups is 1. The average Bonchev–Trinajstić information content (AvgIpc) is 3.27. The van der Waals surface area contributed by atoms with E-state index in [1.54, 1.807) is 4.90 Å². The molecule has 1 aromatic carbocycles. The van der Waals surface area contributed by atoms with Gasteiger partial charge in [-0.1, -0.05) is 13.3 Å². The van der Waals surface area contributed by atoms with Crippen molar-refractivity contribution < 1.29 is 19.0 Å². The summed E-state index contributed by atoms with van der Waals surface area (Å²) in [5, 5.41) is 3.86. The molecule has 0 aliphatic carbocycles. The van der Waals surface area contributed by atoms with Crippen LogP contribution in [0.1, 0.15) is 31.7 Å². The number of anilines is 1. The van der Waals surface area contributed by atoms with Crippen molar-refractivity contribution in [3.05, 3.63) is 23.5 Å². The number of urea groups is 1. The van der Waals surface area contributed by atoms with E-state index in [2.05, 4.69) is 22.2 Å². The zero-order valence-corrected chi connectivity index (χ0v) is 19.3. The number of nitrogen functional groups attached to an aromatic ring is 1. The summed E-state index contributed by atoms with van der Waals surface area (Å²) in [6.07, 6.45) is 1.74. The zero-order valence-electron chi connectivity index (χ0n) is 19.3. The second kappa shape index (κ2) is 10.7. The predicted molar refractivity (Wildman–Crippen MR) is 126 cm³/mol. The number of aromatic nitrogens is 3. The van der Waals surface area contributed by atoms with Gasteiger partial charge >= 0.3 is 6.03 Å². The zero-order chi connectivity index (χ0) is 23.2. The van der Waals surface area contributed by atoms with Gasteiger partial charge in [0.2, 0.25) is 0 Å². The maximum absolute atomic E-state index is 12.3. The van der Waals surface area contributed by atoms with Gasteiger partial charge in [-0.2, -0.15) is 0 Å². The molecule has 33 heavy (non-hydrogen) atoms. The molecule has 178 valence electrons. The van der Waals surface area contributed by atoms with Crippen molar-refractivity contribution in [1.29, 1.82) is 0 Å². The highest BCUT2D eigenvalue weighted by atomic mass is 16.5. The van der Waals surface area contributed by atoms with Gasteiger partial charge in [-0.3, -0.25) is 0 Å². The number of hydrogen-bond acceptors (Lipinski definition) is 7. The number of aromatic amines is 1. The number of carbonyl (C=O) groups excluding carboxylic acids is 1. The number of rotatable bonds is 9. The summed E-state index contributed by atoms with van der Waals surface area (Å²) < 4.78 is 16.9. The number of ether oxygens (including phenoxy) is 3. The van der Waals surface area contributed by atoms with Crippen molar-refractivity contribution >= 4 is 33.8 Å². The number of aryl methyl sites for hydroxylation is 1. The lowest BCUT2D eigenvalue weighted by Gasteiger charge is -2.26. The van der Waals surface area contributed by atoms with Crippen molar-refractivity contribution in [2.75, 3.05) is 51.8 Å². The van der Waals surface area contributed by atoms with Crippen LogP contribution in [0.4, 0.5) is 10.6 Å². The van der Waals surface area contributed by atoms with Gasteiger partial charge in [0.05, 0.1) is 25.3 Å². The van der Waals surface area contributed by atoms with E-state index in [1.165, 1.54) is 0 Å². The number of fused-ring (bicyclic) bond motifs is 3. The van der Waals surface area contributed by atoms with Crippen LogP contribution in [-0.4, -0.2) is 71.9 Å². The van der Waals surface area contributed by atoms with E-state index in [9.17, 15) is 4.79 Å². The van der Waals surface area contributed by atoms with E-state index in [4.69, 9.17) is 24.9 Å². The number of nitrogens with zero attached hydrogens (tertiary/aromatic N) is 3. The Morgan fingerprint density at radius 3 is 2.85 bits per heavy atom. The Labute approximate surface area is 192 Å². The monoisotopic (exact) mass is 456 g/mol. The van der Waals surface area contributed by atoms with E-state index in [0.717, 1.165) is 40.6 Å². The molecule has 0 radical (unpaired) electrons. The molecule has 4 rings (SSSR count). The molecule has 0 spiro atoms. The van der Waals surface area contributed by atoms with Crippen LogP contribution in [0.25, 0.3) is 21.9 Å². The van der Waals surface area contributed by atoms with Gasteiger partial charge in [0.25, 0.3) is 0 Å². The summed E-state index contributed by atoms with van der Waals surface area (Å²) >= 11 is 0. The number of benzene rings is 1. The van der Waals surface area contributed by atoms with Gasteiger partial charge in [0.15, 0.2) is 0 Å². The highest BCUT2D eigenvalue weighted by Gasteiger charge is 2.19. The Kier molecular flexibility index (Phi) is 7.46. The third-order valence-electron chi connectivity index (χ3n) is 5.61. The van der Waals surface area contributed by atoms with Gasteiger partial charge in [0.1, 0.15) is 41.6 Å². The van der Waals surface area contributed by atoms with Crippen molar-refractivity contribution in [3.63, 3.8) is 0 Å². The summed E-state index contributed by atoms with van der Waals surface area (Å²) in [5.74, 6) is 1.90. The fourth-order valence-corrected chi connectivity index (χ4v) is 4.05. The largest absolute Gasteiger partial charge is 0.491 e. The Morgan fingerprint density at radius 1 is 1.27 bits per heavy atom. The molecule has 2 amide bonds. The van der Waals surface area contributed by atoms with Gasteiger partial charge < -0.3 is 35.1 Å². The molecular formula is C23H32N6O4. The van der Waals surface area contributed by atoms with Crippen LogP contribution in [0.5, 0.6) is 5.75 Å². The third-order valence-corrected chi connectivity index (χ3v) is 5.61. The normalized spacial score (nSPS) is 14.2. The molecular weight excluding hydrogens is 424 g/mol. The first-order valence-electron chi connectivity index (χ1n) is 11.5. The lowest BCUT2D eigenvalue weighted by atomic mass is 10.0. The first-order chi connectivity index (χ1) is 16.1. The number of H-pyrrole nitrogens is 1. The van der Waals surface area contributed by atoms with Crippen molar-refractivity contribution in [3.8, 4) is 5.75 Å². The molecule has 0 atom stereocenters. The lowest BCUT2D eigenvalue weighted by Crippen LogP contribution is -2.47. The molecule has 4 N–H and O–H groups in total. The molecule has 3 aromatic rings.